The van der Waals surface area contributed by atoms with Gasteiger partial charge in [-0.05, 0) is 29.8 Å². The van der Waals surface area contributed by atoms with Crippen molar-refractivity contribution in [2.75, 3.05) is 12.4 Å². The van der Waals surface area contributed by atoms with Crippen LogP contribution in [0, 0.1) is 0 Å². The molecule has 1 heterocycles. The third kappa shape index (κ3) is 2.55. The molecule has 0 saturated heterocycles. The first-order valence-corrected chi connectivity index (χ1v) is 6.32. The Kier molecular flexibility index (Phi) is 3.11. The smallest absolute Gasteiger partial charge is 0.0890 e. The highest BCUT2D eigenvalue weighted by Crippen LogP contribution is 2.14. The number of fused-ring (bicyclic) bond motifs is 1. The van der Waals surface area contributed by atoms with E-state index in [9.17, 15) is 0 Å². The van der Waals surface area contributed by atoms with Gasteiger partial charge in [0.2, 0.25) is 0 Å². The lowest BCUT2D eigenvalue weighted by Crippen LogP contribution is -1.95. The number of hydrogen-bond acceptors (Lipinski definition) is 3. The minimum atomic E-state index is 0.807. The van der Waals surface area contributed by atoms with Crippen molar-refractivity contribution in [2.45, 2.75) is 6.42 Å². The van der Waals surface area contributed by atoms with Gasteiger partial charge in [0.05, 0.1) is 16.7 Å². The van der Waals surface area contributed by atoms with Crippen molar-refractivity contribution in [3.05, 3.63) is 66.0 Å². The zero-order valence-corrected chi connectivity index (χ0v) is 10.8. The fourth-order valence-electron chi connectivity index (χ4n) is 2.08. The summed E-state index contributed by atoms with van der Waals surface area (Å²) < 4.78 is 0. The summed E-state index contributed by atoms with van der Waals surface area (Å²) >= 11 is 0. The van der Waals surface area contributed by atoms with Gasteiger partial charge in [0.25, 0.3) is 0 Å². The summed E-state index contributed by atoms with van der Waals surface area (Å²) in [6, 6.07) is 16.3. The Morgan fingerprint density at radius 1 is 0.947 bits per heavy atom. The number of hydrogen-bond donors (Lipinski definition) is 1. The average molecular weight is 249 g/mol. The maximum Gasteiger partial charge on any atom is 0.0890 e. The molecule has 0 atom stereocenters. The predicted octanol–water partition coefficient (Wildman–Crippen LogP) is 3.26. The molecule has 0 radical (unpaired) electrons. The third-order valence-corrected chi connectivity index (χ3v) is 3.13. The number of anilines is 1. The lowest BCUT2D eigenvalue weighted by atomic mass is 10.1. The molecule has 0 spiro atoms. The maximum absolute atomic E-state index is 4.63. The molecule has 3 rings (SSSR count). The number of benzene rings is 2. The van der Waals surface area contributed by atoms with E-state index in [1.165, 1.54) is 5.56 Å². The molecule has 0 saturated carbocycles. The van der Waals surface area contributed by atoms with Gasteiger partial charge in [-0.25, -0.2) is 4.98 Å². The molecule has 0 aliphatic carbocycles. The second-order valence-electron chi connectivity index (χ2n) is 4.47. The van der Waals surface area contributed by atoms with E-state index >= 15 is 0 Å². The van der Waals surface area contributed by atoms with Crippen molar-refractivity contribution >= 4 is 16.7 Å². The monoisotopic (exact) mass is 249 g/mol. The Morgan fingerprint density at radius 2 is 1.68 bits per heavy atom. The molecule has 19 heavy (non-hydrogen) atoms. The molecule has 0 aliphatic heterocycles. The van der Waals surface area contributed by atoms with Gasteiger partial charge in [0.15, 0.2) is 0 Å². The molecular weight excluding hydrogens is 234 g/mol. The van der Waals surface area contributed by atoms with Crippen LogP contribution in [0.3, 0.4) is 0 Å². The molecule has 0 aliphatic rings. The Balaban J connectivity index is 1.87. The van der Waals surface area contributed by atoms with Crippen LogP contribution in [0.2, 0.25) is 0 Å². The van der Waals surface area contributed by atoms with Gasteiger partial charge in [-0.3, -0.25) is 4.98 Å². The lowest BCUT2D eigenvalue weighted by molar-refractivity contribution is 1.07. The van der Waals surface area contributed by atoms with E-state index in [1.807, 2.05) is 37.5 Å². The van der Waals surface area contributed by atoms with Gasteiger partial charge >= 0.3 is 0 Å². The van der Waals surface area contributed by atoms with Crippen LogP contribution in [0.25, 0.3) is 11.0 Å². The largest absolute Gasteiger partial charge is 0.388 e. The van der Waals surface area contributed by atoms with E-state index in [4.69, 9.17) is 0 Å². The molecule has 0 amide bonds. The van der Waals surface area contributed by atoms with Crippen molar-refractivity contribution in [3.63, 3.8) is 0 Å². The summed E-state index contributed by atoms with van der Waals surface area (Å²) in [5.74, 6) is 0. The molecule has 0 fully saturated rings. The van der Waals surface area contributed by atoms with Crippen molar-refractivity contribution in [1.82, 2.24) is 9.97 Å². The standard InChI is InChI=1S/C16H15N3/c1-17-13-8-6-12(7-9-13)10-14-11-18-15-4-2-3-5-16(15)19-14/h2-9,11,17H,10H2,1H3. The highest BCUT2D eigenvalue weighted by Gasteiger charge is 2.01. The van der Waals surface area contributed by atoms with Crippen molar-refractivity contribution in [3.8, 4) is 0 Å². The zero-order chi connectivity index (χ0) is 13.1. The second-order valence-corrected chi connectivity index (χ2v) is 4.47. The number of para-hydroxylation sites is 2. The SMILES string of the molecule is CNc1ccc(Cc2cnc3ccccc3n2)cc1. The first-order valence-electron chi connectivity index (χ1n) is 6.32. The first-order chi connectivity index (χ1) is 9.35. The van der Waals surface area contributed by atoms with Crippen LogP contribution in [0.5, 0.6) is 0 Å². The van der Waals surface area contributed by atoms with Crippen LogP contribution >= 0.6 is 0 Å². The lowest BCUT2D eigenvalue weighted by Gasteiger charge is -2.04. The summed E-state index contributed by atoms with van der Waals surface area (Å²) in [5.41, 5.74) is 5.25. The zero-order valence-electron chi connectivity index (χ0n) is 10.8. The Labute approximate surface area is 112 Å². The summed E-state index contributed by atoms with van der Waals surface area (Å²) in [6.45, 7) is 0. The van der Waals surface area contributed by atoms with E-state index in [-0.39, 0.29) is 0 Å². The highest BCUT2D eigenvalue weighted by molar-refractivity contribution is 5.73. The summed E-state index contributed by atoms with van der Waals surface area (Å²) in [6.07, 6.45) is 2.66. The topological polar surface area (TPSA) is 37.8 Å². The molecule has 0 unspecified atom stereocenters. The third-order valence-electron chi connectivity index (χ3n) is 3.13. The van der Waals surface area contributed by atoms with Gasteiger partial charge in [0, 0.05) is 25.4 Å². The van der Waals surface area contributed by atoms with Crippen LogP contribution in [0.15, 0.2) is 54.7 Å². The van der Waals surface area contributed by atoms with E-state index in [0.717, 1.165) is 28.8 Å². The van der Waals surface area contributed by atoms with Gasteiger partial charge < -0.3 is 5.32 Å². The molecular formula is C16H15N3. The number of nitrogens with zero attached hydrogens (tertiary/aromatic N) is 2. The van der Waals surface area contributed by atoms with Crippen LogP contribution in [0.1, 0.15) is 11.3 Å². The minimum absolute atomic E-state index is 0.807. The van der Waals surface area contributed by atoms with Gasteiger partial charge in [-0.2, -0.15) is 0 Å². The number of nitrogens with one attached hydrogen (secondary N) is 1. The van der Waals surface area contributed by atoms with Crippen LogP contribution < -0.4 is 5.32 Å². The Morgan fingerprint density at radius 3 is 2.42 bits per heavy atom. The van der Waals surface area contributed by atoms with E-state index in [1.54, 1.807) is 0 Å². The molecule has 3 nitrogen and oxygen atoms in total. The summed E-state index contributed by atoms with van der Waals surface area (Å²) in [5, 5.41) is 3.11. The molecule has 94 valence electrons. The van der Waals surface area contributed by atoms with E-state index < -0.39 is 0 Å². The molecule has 2 aromatic carbocycles. The van der Waals surface area contributed by atoms with Crippen LogP contribution in [-0.2, 0) is 6.42 Å². The maximum atomic E-state index is 4.63. The number of rotatable bonds is 3. The summed E-state index contributed by atoms with van der Waals surface area (Å²) in [7, 11) is 1.92. The first kappa shape index (κ1) is 11.7. The van der Waals surface area contributed by atoms with Crippen molar-refractivity contribution in [2.24, 2.45) is 0 Å². The average Bonchev–Trinajstić information content (AvgIpc) is 2.48. The Hall–Kier alpha value is -2.42. The Bertz CT molecular complexity index is 690. The molecule has 3 heteroatoms. The van der Waals surface area contributed by atoms with Crippen molar-refractivity contribution < 1.29 is 0 Å². The molecule has 1 N–H and O–H groups in total. The van der Waals surface area contributed by atoms with Crippen LogP contribution in [0.4, 0.5) is 5.69 Å². The predicted molar refractivity (Wildman–Crippen MR) is 78.3 cm³/mol. The fourth-order valence-corrected chi connectivity index (χ4v) is 2.08. The quantitative estimate of drug-likeness (QED) is 0.774. The van der Waals surface area contributed by atoms with Crippen LogP contribution in [-0.4, -0.2) is 17.0 Å². The van der Waals surface area contributed by atoms with Gasteiger partial charge in [-0.1, -0.05) is 24.3 Å². The molecule has 1 aromatic heterocycles. The normalized spacial score (nSPS) is 10.6. The summed E-state index contributed by atoms with van der Waals surface area (Å²) in [4.78, 5) is 9.07. The minimum Gasteiger partial charge on any atom is -0.388 e. The number of aromatic nitrogens is 2. The molecule has 0 bridgehead atoms. The van der Waals surface area contributed by atoms with Gasteiger partial charge in [0.1, 0.15) is 0 Å². The fraction of sp³-hybridized carbons (Fsp3) is 0.125. The van der Waals surface area contributed by atoms with E-state index in [0.29, 0.717) is 0 Å². The molecule has 3 aromatic rings. The van der Waals surface area contributed by atoms with E-state index in [2.05, 4.69) is 39.6 Å². The second kappa shape index (κ2) is 5.06. The van der Waals surface area contributed by atoms with Gasteiger partial charge in [-0.15, -0.1) is 0 Å². The highest BCUT2D eigenvalue weighted by atomic mass is 14.8. The van der Waals surface area contributed by atoms with Crippen molar-refractivity contribution in [1.29, 1.82) is 0 Å².